The quantitative estimate of drug-likeness (QED) is 0.258. The molecule has 5 rings (SSSR count). The highest BCUT2D eigenvalue weighted by Gasteiger charge is 2.19. The average Bonchev–Trinajstić information content (AvgIpc) is 2.97. The van der Waals surface area contributed by atoms with Crippen molar-refractivity contribution in [3.05, 3.63) is 84.6 Å². The van der Waals surface area contributed by atoms with E-state index in [0.29, 0.717) is 6.42 Å². The first kappa shape index (κ1) is 26.5. The zero-order valence-corrected chi connectivity index (χ0v) is 22.6. The molecule has 0 spiro atoms. The number of benzene rings is 3. The van der Waals surface area contributed by atoms with Gasteiger partial charge in [0.1, 0.15) is 5.82 Å². The first-order valence-corrected chi connectivity index (χ1v) is 13.8. The first-order valence-electron chi connectivity index (χ1n) is 13.8. The molecule has 0 bridgehead atoms. The number of carbonyl (C=O) groups excluding carboxylic acids is 1. The molecule has 200 valence electrons. The van der Waals surface area contributed by atoms with E-state index < -0.39 is 0 Å². The molecule has 39 heavy (non-hydrogen) atoms. The summed E-state index contributed by atoms with van der Waals surface area (Å²) in [6, 6.07) is 23.8. The zero-order chi connectivity index (χ0) is 27.0. The van der Waals surface area contributed by atoms with E-state index in [0.717, 1.165) is 96.9 Å². The van der Waals surface area contributed by atoms with Gasteiger partial charge in [-0.1, -0.05) is 61.9 Å². The van der Waals surface area contributed by atoms with E-state index >= 15 is 0 Å². The third kappa shape index (κ3) is 7.06. The van der Waals surface area contributed by atoms with E-state index in [1.807, 2.05) is 66.9 Å². The molecule has 1 aliphatic heterocycles. The van der Waals surface area contributed by atoms with Crippen LogP contribution < -0.4 is 10.2 Å². The first-order chi connectivity index (χ1) is 19.1. The number of hydrogen-bond donors (Lipinski definition) is 2. The van der Waals surface area contributed by atoms with Crippen molar-refractivity contribution in [1.82, 2.24) is 14.9 Å². The van der Waals surface area contributed by atoms with Crippen molar-refractivity contribution in [3.8, 4) is 11.1 Å². The number of aromatic nitrogens is 2. The van der Waals surface area contributed by atoms with Gasteiger partial charge >= 0.3 is 0 Å². The monoisotopic (exact) mass is 520 g/mol. The van der Waals surface area contributed by atoms with E-state index in [4.69, 9.17) is 10.4 Å². The van der Waals surface area contributed by atoms with Gasteiger partial charge in [-0.05, 0) is 53.8 Å². The zero-order valence-electron chi connectivity index (χ0n) is 22.6. The molecule has 1 aromatic heterocycles. The van der Waals surface area contributed by atoms with E-state index in [9.17, 15) is 4.79 Å². The van der Waals surface area contributed by atoms with Crippen molar-refractivity contribution in [3.63, 3.8) is 0 Å². The van der Waals surface area contributed by atoms with Crippen LogP contribution in [0.1, 0.15) is 31.7 Å². The van der Waals surface area contributed by atoms with Crippen molar-refractivity contribution >= 4 is 34.2 Å². The van der Waals surface area contributed by atoms with Gasteiger partial charge in [0.15, 0.2) is 0 Å². The summed E-state index contributed by atoms with van der Waals surface area (Å²) in [5.41, 5.74) is 6.51. The molecule has 0 atom stereocenters. The minimum absolute atomic E-state index is 0.0285. The fourth-order valence-corrected chi connectivity index (χ4v) is 4.99. The van der Waals surface area contributed by atoms with Crippen molar-refractivity contribution in [2.45, 2.75) is 32.6 Å². The topological polar surface area (TPSA) is 85.2 Å². The summed E-state index contributed by atoms with van der Waals surface area (Å²) in [5, 5.41) is 11.0. The van der Waals surface area contributed by atoms with Crippen LogP contribution >= 0.6 is 0 Å². The van der Waals surface area contributed by atoms with Gasteiger partial charge in [0.05, 0.1) is 23.7 Å². The maximum Gasteiger partial charge on any atom is 0.228 e. The molecule has 1 saturated heterocycles. The summed E-state index contributed by atoms with van der Waals surface area (Å²) >= 11 is 0. The molecule has 1 aliphatic rings. The fourth-order valence-electron chi connectivity index (χ4n) is 4.99. The third-order valence-electron chi connectivity index (χ3n) is 7.22. The number of nitrogens with zero attached hydrogens (tertiary/aromatic N) is 4. The highest BCUT2D eigenvalue weighted by Crippen LogP contribution is 2.26. The standard InChI is InChI=1S/C32H36N6O/c1-2-6-27(33)15-16-37-17-19-38(20-18-37)31-23-34-29-14-11-26(22-30(29)36-31)25-9-12-28(13-10-25)35-32(39)21-24-7-4-3-5-8-24/h3-5,7-14,22-23,33H,2,6,15-21H2,1H3,(H,35,39). The van der Waals surface area contributed by atoms with E-state index in [1.54, 1.807) is 0 Å². The Hall–Kier alpha value is -4.10. The second-order valence-electron chi connectivity index (χ2n) is 10.2. The van der Waals surface area contributed by atoms with Crippen LogP contribution in [0.25, 0.3) is 22.2 Å². The molecule has 7 nitrogen and oxygen atoms in total. The Balaban J connectivity index is 1.21. The minimum Gasteiger partial charge on any atom is -0.353 e. The molecule has 7 heteroatoms. The van der Waals surface area contributed by atoms with Gasteiger partial charge in [0.25, 0.3) is 0 Å². The van der Waals surface area contributed by atoms with Crippen LogP contribution in [0.2, 0.25) is 0 Å². The molecule has 1 fully saturated rings. The molecular formula is C32H36N6O. The summed E-state index contributed by atoms with van der Waals surface area (Å²) in [5.74, 6) is 0.883. The van der Waals surface area contributed by atoms with Gasteiger partial charge in [-0.25, -0.2) is 4.98 Å². The van der Waals surface area contributed by atoms with Crippen LogP contribution in [0.3, 0.4) is 0 Å². The Morgan fingerprint density at radius 1 is 0.897 bits per heavy atom. The highest BCUT2D eigenvalue weighted by atomic mass is 16.1. The number of piperazine rings is 1. The number of hydrogen-bond acceptors (Lipinski definition) is 6. The van der Waals surface area contributed by atoms with Crippen molar-refractivity contribution in [2.75, 3.05) is 42.9 Å². The van der Waals surface area contributed by atoms with E-state index in [2.05, 4.69) is 39.2 Å². The van der Waals surface area contributed by atoms with Gasteiger partial charge in [-0.2, -0.15) is 0 Å². The Morgan fingerprint density at radius 2 is 1.64 bits per heavy atom. The number of nitrogens with one attached hydrogen (secondary N) is 2. The van der Waals surface area contributed by atoms with Crippen LogP contribution in [0.15, 0.2) is 79.0 Å². The van der Waals surface area contributed by atoms with Crippen LogP contribution in [-0.4, -0.2) is 59.2 Å². The van der Waals surface area contributed by atoms with Gasteiger partial charge in [-0.15, -0.1) is 0 Å². The van der Waals surface area contributed by atoms with Crippen LogP contribution in [-0.2, 0) is 11.2 Å². The maximum atomic E-state index is 12.4. The molecule has 0 saturated carbocycles. The predicted molar refractivity (Wildman–Crippen MR) is 160 cm³/mol. The Kier molecular flexibility index (Phi) is 8.58. The lowest BCUT2D eigenvalue weighted by atomic mass is 10.0. The van der Waals surface area contributed by atoms with Gasteiger partial charge in [-0.3, -0.25) is 14.7 Å². The smallest absolute Gasteiger partial charge is 0.228 e. The van der Waals surface area contributed by atoms with Crippen LogP contribution in [0.5, 0.6) is 0 Å². The van der Waals surface area contributed by atoms with Crippen molar-refractivity contribution in [2.24, 2.45) is 0 Å². The summed E-state index contributed by atoms with van der Waals surface area (Å²) in [6.45, 7) is 6.89. The lowest BCUT2D eigenvalue weighted by molar-refractivity contribution is -0.115. The summed E-state index contributed by atoms with van der Waals surface area (Å²) in [4.78, 5) is 26.8. The highest BCUT2D eigenvalue weighted by molar-refractivity contribution is 5.92. The van der Waals surface area contributed by atoms with Crippen molar-refractivity contribution < 1.29 is 4.79 Å². The van der Waals surface area contributed by atoms with Crippen LogP contribution in [0, 0.1) is 5.41 Å². The fraction of sp³-hybridized carbons (Fsp3) is 0.312. The van der Waals surface area contributed by atoms with Gasteiger partial charge in [0.2, 0.25) is 5.91 Å². The molecule has 0 aliphatic carbocycles. The molecule has 4 aromatic rings. The number of amides is 1. The largest absolute Gasteiger partial charge is 0.353 e. The molecule has 2 N–H and O–H groups in total. The number of carbonyl (C=O) groups is 1. The van der Waals surface area contributed by atoms with E-state index in [1.165, 1.54) is 0 Å². The molecule has 1 amide bonds. The minimum atomic E-state index is -0.0285. The second kappa shape index (κ2) is 12.6. The summed E-state index contributed by atoms with van der Waals surface area (Å²) in [7, 11) is 0. The summed E-state index contributed by atoms with van der Waals surface area (Å²) in [6.07, 6.45) is 5.06. The molecule has 0 unspecified atom stereocenters. The van der Waals surface area contributed by atoms with Gasteiger partial charge in [0, 0.05) is 44.1 Å². The molecule has 0 radical (unpaired) electrons. The van der Waals surface area contributed by atoms with Crippen molar-refractivity contribution in [1.29, 1.82) is 5.41 Å². The predicted octanol–water partition coefficient (Wildman–Crippen LogP) is 5.81. The number of rotatable bonds is 10. The molecule has 2 heterocycles. The normalized spacial score (nSPS) is 13.9. The van der Waals surface area contributed by atoms with E-state index in [-0.39, 0.29) is 5.91 Å². The van der Waals surface area contributed by atoms with Crippen LogP contribution in [0.4, 0.5) is 11.5 Å². The lowest BCUT2D eigenvalue weighted by Gasteiger charge is -2.35. The number of anilines is 2. The Labute approximate surface area is 230 Å². The SMILES string of the molecule is CCCC(=N)CCN1CCN(c2cnc3ccc(-c4ccc(NC(=O)Cc5ccccc5)cc4)cc3n2)CC1. The average molecular weight is 521 g/mol. The maximum absolute atomic E-state index is 12.4. The lowest BCUT2D eigenvalue weighted by Crippen LogP contribution is -2.47. The number of fused-ring (bicyclic) bond motifs is 1. The van der Waals surface area contributed by atoms with Gasteiger partial charge < -0.3 is 15.6 Å². The summed E-state index contributed by atoms with van der Waals surface area (Å²) < 4.78 is 0. The third-order valence-corrected chi connectivity index (χ3v) is 7.22. The second-order valence-corrected chi connectivity index (χ2v) is 10.2. The molecular weight excluding hydrogens is 484 g/mol. The molecule has 3 aromatic carbocycles. The Morgan fingerprint density at radius 3 is 2.38 bits per heavy atom. The Bertz CT molecular complexity index is 1410.